The first kappa shape index (κ1) is 13.8. The Labute approximate surface area is 118 Å². The summed E-state index contributed by atoms with van der Waals surface area (Å²) in [6.07, 6.45) is 0.435. The topological polar surface area (TPSA) is 46.2 Å². The van der Waals surface area contributed by atoms with Crippen molar-refractivity contribution in [1.29, 1.82) is 0 Å². The first-order chi connectivity index (χ1) is 9.81. The molecule has 5 nitrogen and oxygen atoms in total. The lowest BCUT2D eigenvalue weighted by atomic mass is 10.0. The standard InChI is InChI=1S/C15H20O5/c1-16-11-5-3-10(4-6-11)15-19-9-13-14(20-15)12(17-2)7-8-18-13/h3-6,12-15H,7-9H2,1-2H3/t12-,13-,14+,15?/m1/s1. The van der Waals surface area contributed by atoms with Gasteiger partial charge < -0.3 is 23.7 Å². The molecule has 110 valence electrons. The average molecular weight is 280 g/mol. The molecule has 1 aromatic carbocycles. The number of fused-ring (bicyclic) bond motifs is 1. The Morgan fingerprint density at radius 1 is 1.10 bits per heavy atom. The summed E-state index contributed by atoms with van der Waals surface area (Å²) in [5, 5.41) is 0. The smallest absolute Gasteiger partial charge is 0.184 e. The molecule has 0 amide bonds. The van der Waals surface area contributed by atoms with Gasteiger partial charge in [-0.15, -0.1) is 0 Å². The van der Waals surface area contributed by atoms with Gasteiger partial charge in [0.1, 0.15) is 18.0 Å². The van der Waals surface area contributed by atoms with Gasteiger partial charge in [-0.1, -0.05) is 12.1 Å². The minimum Gasteiger partial charge on any atom is -0.497 e. The molecule has 2 saturated heterocycles. The Kier molecular flexibility index (Phi) is 4.21. The fraction of sp³-hybridized carbons (Fsp3) is 0.600. The van der Waals surface area contributed by atoms with Crippen molar-refractivity contribution in [1.82, 2.24) is 0 Å². The third-order valence-corrected chi connectivity index (χ3v) is 3.85. The van der Waals surface area contributed by atoms with Crippen molar-refractivity contribution >= 4 is 0 Å². The molecule has 2 aliphatic heterocycles. The average Bonchev–Trinajstić information content (AvgIpc) is 2.54. The highest BCUT2D eigenvalue weighted by Crippen LogP contribution is 2.33. The number of hydrogen-bond acceptors (Lipinski definition) is 5. The van der Waals surface area contributed by atoms with Crippen LogP contribution in [-0.4, -0.2) is 45.7 Å². The second kappa shape index (κ2) is 6.10. The predicted octanol–water partition coefficient (Wildman–Crippen LogP) is 1.91. The van der Waals surface area contributed by atoms with Gasteiger partial charge in [0.25, 0.3) is 0 Å². The fourth-order valence-electron chi connectivity index (χ4n) is 2.70. The minimum absolute atomic E-state index is 0.0387. The molecule has 20 heavy (non-hydrogen) atoms. The van der Waals surface area contributed by atoms with Crippen LogP contribution < -0.4 is 4.74 Å². The molecule has 0 aromatic heterocycles. The molecule has 2 heterocycles. The van der Waals surface area contributed by atoms with Crippen LogP contribution in [0.4, 0.5) is 0 Å². The van der Waals surface area contributed by atoms with Gasteiger partial charge in [0.15, 0.2) is 6.29 Å². The lowest BCUT2D eigenvalue weighted by Gasteiger charge is -2.42. The van der Waals surface area contributed by atoms with Crippen LogP contribution in [0.1, 0.15) is 18.3 Å². The largest absolute Gasteiger partial charge is 0.497 e. The SMILES string of the molecule is COc1ccc(C2OC[C@H]3OCC[C@@H](OC)[C@@H]3O2)cc1. The highest BCUT2D eigenvalue weighted by atomic mass is 16.7. The van der Waals surface area contributed by atoms with Crippen molar-refractivity contribution in [2.75, 3.05) is 27.4 Å². The molecular formula is C15H20O5. The molecule has 1 aromatic rings. The van der Waals surface area contributed by atoms with Crippen LogP contribution in [0.15, 0.2) is 24.3 Å². The van der Waals surface area contributed by atoms with Crippen LogP contribution in [0, 0.1) is 0 Å². The monoisotopic (exact) mass is 280 g/mol. The van der Waals surface area contributed by atoms with Gasteiger partial charge in [-0.05, 0) is 18.6 Å². The van der Waals surface area contributed by atoms with E-state index < -0.39 is 0 Å². The van der Waals surface area contributed by atoms with Crippen LogP contribution in [0.5, 0.6) is 5.75 Å². The van der Waals surface area contributed by atoms with E-state index in [1.807, 2.05) is 24.3 Å². The number of rotatable bonds is 3. The van der Waals surface area contributed by atoms with E-state index in [1.54, 1.807) is 14.2 Å². The molecule has 0 spiro atoms. The molecule has 3 rings (SSSR count). The van der Waals surface area contributed by atoms with E-state index in [-0.39, 0.29) is 24.6 Å². The summed E-state index contributed by atoms with van der Waals surface area (Å²) in [7, 11) is 3.37. The number of benzene rings is 1. The second-order valence-electron chi connectivity index (χ2n) is 5.01. The van der Waals surface area contributed by atoms with Gasteiger partial charge in [0, 0.05) is 19.3 Å². The van der Waals surface area contributed by atoms with Crippen LogP contribution in [0.2, 0.25) is 0 Å². The maximum Gasteiger partial charge on any atom is 0.184 e. The van der Waals surface area contributed by atoms with Gasteiger partial charge >= 0.3 is 0 Å². The Morgan fingerprint density at radius 3 is 2.60 bits per heavy atom. The van der Waals surface area contributed by atoms with E-state index in [0.29, 0.717) is 13.2 Å². The van der Waals surface area contributed by atoms with Gasteiger partial charge in [-0.2, -0.15) is 0 Å². The highest BCUT2D eigenvalue weighted by Gasteiger charge is 2.41. The predicted molar refractivity (Wildman–Crippen MR) is 71.7 cm³/mol. The molecule has 0 saturated carbocycles. The normalized spacial score (nSPS) is 33.5. The lowest BCUT2D eigenvalue weighted by Crippen LogP contribution is -2.52. The zero-order valence-corrected chi connectivity index (χ0v) is 11.8. The van der Waals surface area contributed by atoms with Crippen LogP contribution in [0.25, 0.3) is 0 Å². The van der Waals surface area contributed by atoms with Crippen LogP contribution in [-0.2, 0) is 18.9 Å². The Balaban J connectivity index is 1.72. The first-order valence-electron chi connectivity index (χ1n) is 6.87. The second-order valence-corrected chi connectivity index (χ2v) is 5.01. The quantitative estimate of drug-likeness (QED) is 0.846. The Morgan fingerprint density at radius 2 is 1.90 bits per heavy atom. The number of hydrogen-bond donors (Lipinski definition) is 0. The Hall–Kier alpha value is -1.14. The molecule has 2 fully saturated rings. The van der Waals surface area contributed by atoms with Gasteiger partial charge in [-0.3, -0.25) is 0 Å². The molecule has 0 radical (unpaired) electrons. The molecule has 1 unspecified atom stereocenters. The summed E-state index contributed by atoms with van der Waals surface area (Å²) < 4.78 is 28.1. The first-order valence-corrected chi connectivity index (χ1v) is 6.87. The summed E-state index contributed by atoms with van der Waals surface area (Å²) in [5.74, 6) is 0.818. The minimum atomic E-state index is -0.374. The van der Waals surface area contributed by atoms with E-state index in [4.69, 9.17) is 23.7 Å². The fourth-order valence-corrected chi connectivity index (χ4v) is 2.70. The van der Waals surface area contributed by atoms with Crippen molar-refractivity contribution in [3.8, 4) is 5.75 Å². The zero-order chi connectivity index (χ0) is 13.9. The zero-order valence-electron chi connectivity index (χ0n) is 11.8. The number of methoxy groups -OCH3 is 2. The van der Waals surface area contributed by atoms with E-state index in [0.717, 1.165) is 17.7 Å². The maximum absolute atomic E-state index is 6.04. The molecule has 2 aliphatic rings. The maximum atomic E-state index is 6.04. The van der Waals surface area contributed by atoms with Gasteiger partial charge in [0.2, 0.25) is 0 Å². The summed E-state index contributed by atoms with van der Waals surface area (Å²) in [4.78, 5) is 0. The van der Waals surface area contributed by atoms with E-state index in [2.05, 4.69) is 0 Å². The van der Waals surface area contributed by atoms with Crippen molar-refractivity contribution in [2.45, 2.75) is 31.0 Å². The number of ether oxygens (including phenoxy) is 5. The molecule has 0 aliphatic carbocycles. The third-order valence-electron chi connectivity index (χ3n) is 3.85. The van der Waals surface area contributed by atoms with Crippen LogP contribution in [0.3, 0.4) is 0 Å². The third kappa shape index (κ3) is 2.67. The summed E-state index contributed by atoms with van der Waals surface area (Å²) >= 11 is 0. The summed E-state index contributed by atoms with van der Waals surface area (Å²) in [6, 6.07) is 7.71. The van der Waals surface area contributed by atoms with Crippen LogP contribution >= 0.6 is 0 Å². The van der Waals surface area contributed by atoms with E-state index in [9.17, 15) is 0 Å². The van der Waals surface area contributed by atoms with Crippen molar-refractivity contribution in [3.05, 3.63) is 29.8 Å². The summed E-state index contributed by atoms with van der Waals surface area (Å²) in [5.41, 5.74) is 0.977. The van der Waals surface area contributed by atoms with Crippen molar-refractivity contribution < 1.29 is 23.7 Å². The molecule has 5 heteroatoms. The Bertz CT molecular complexity index is 426. The summed E-state index contributed by atoms with van der Waals surface area (Å²) in [6.45, 7) is 1.22. The van der Waals surface area contributed by atoms with Gasteiger partial charge in [-0.25, -0.2) is 0 Å². The molecule has 4 atom stereocenters. The van der Waals surface area contributed by atoms with E-state index in [1.165, 1.54) is 0 Å². The molecule has 0 bridgehead atoms. The van der Waals surface area contributed by atoms with E-state index >= 15 is 0 Å². The molecular weight excluding hydrogens is 260 g/mol. The van der Waals surface area contributed by atoms with Gasteiger partial charge in [0.05, 0.1) is 19.8 Å². The van der Waals surface area contributed by atoms with Crippen molar-refractivity contribution in [3.63, 3.8) is 0 Å². The highest BCUT2D eigenvalue weighted by molar-refractivity contribution is 5.28. The molecule has 0 N–H and O–H groups in total. The lowest BCUT2D eigenvalue weighted by molar-refractivity contribution is -0.301. The van der Waals surface area contributed by atoms with Crippen molar-refractivity contribution in [2.24, 2.45) is 0 Å².